The van der Waals surface area contributed by atoms with Crippen molar-refractivity contribution in [3.8, 4) is 0 Å². The Labute approximate surface area is 113 Å². The first kappa shape index (κ1) is 13.5. The predicted molar refractivity (Wildman–Crippen MR) is 74.7 cm³/mol. The molecule has 102 valence electrons. The van der Waals surface area contributed by atoms with Gasteiger partial charge in [0.15, 0.2) is 0 Å². The molecule has 2 unspecified atom stereocenters. The van der Waals surface area contributed by atoms with E-state index in [1.165, 1.54) is 6.08 Å². The normalized spacial score (nSPS) is 23.8. The molecule has 2 heterocycles. The van der Waals surface area contributed by atoms with Crippen LogP contribution in [0.4, 0.5) is 5.82 Å². The zero-order valence-electron chi connectivity index (χ0n) is 11.2. The zero-order valence-corrected chi connectivity index (χ0v) is 11.2. The van der Waals surface area contributed by atoms with E-state index >= 15 is 0 Å². The van der Waals surface area contributed by atoms with E-state index in [0.717, 1.165) is 24.5 Å². The molecule has 0 bridgehead atoms. The average molecular weight is 261 g/mol. The first-order valence-electron chi connectivity index (χ1n) is 6.38. The summed E-state index contributed by atoms with van der Waals surface area (Å²) >= 11 is 0. The van der Waals surface area contributed by atoms with Crippen LogP contribution in [0.3, 0.4) is 0 Å². The van der Waals surface area contributed by atoms with E-state index in [2.05, 4.69) is 23.7 Å². The molecule has 1 aromatic rings. The Morgan fingerprint density at radius 2 is 2.11 bits per heavy atom. The quantitative estimate of drug-likeness (QED) is 0.830. The number of anilines is 1. The molecular formula is C14H19N3O2. The van der Waals surface area contributed by atoms with Crippen LogP contribution >= 0.6 is 0 Å². The van der Waals surface area contributed by atoms with E-state index in [4.69, 9.17) is 10.5 Å². The van der Waals surface area contributed by atoms with Crippen molar-refractivity contribution in [3.63, 3.8) is 0 Å². The van der Waals surface area contributed by atoms with E-state index in [1.54, 1.807) is 12.3 Å². The van der Waals surface area contributed by atoms with Crippen LogP contribution in [0.5, 0.6) is 0 Å². The molecule has 1 fully saturated rings. The van der Waals surface area contributed by atoms with Gasteiger partial charge in [0, 0.05) is 25.4 Å². The number of ether oxygens (including phenoxy) is 1. The average Bonchev–Trinajstić information content (AvgIpc) is 2.36. The summed E-state index contributed by atoms with van der Waals surface area (Å²) in [6.45, 7) is 5.81. The number of rotatable bonds is 3. The van der Waals surface area contributed by atoms with Gasteiger partial charge in [-0.1, -0.05) is 0 Å². The molecule has 19 heavy (non-hydrogen) atoms. The number of carbonyl (C=O) groups excluding carboxylic acids is 1. The summed E-state index contributed by atoms with van der Waals surface area (Å²) in [7, 11) is 0. The number of nitrogens with zero attached hydrogens (tertiary/aromatic N) is 2. The summed E-state index contributed by atoms with van der Waals surface area (Å²) in [5.41, 5.74) is 5.91. The first-order valence-corrected chi connectivity index (χ1v) is 6.38. The van der Waals surface area contributed by atoms with Gasteiger partial charge in [0.25, 0.3) is 0 Å². The van der Waals surface area contributed by atoms with Gasteiger partial charge in [0.05, 0.1) is 12.2 Å². The third-order valence-electron chi connectivity index (χ3n) is 2.95. The lowest BCUT2D eigenvalue weighted by Gasteiger charge is -2.36. The molecule has 1 aliphatic heterocycles. The second-order valence-corrected chi connectivity index (χ2v) is 4.85. The number of nitrogens with two attached hydrogens (primary N) is 1. The minimum absolute atomic E-state index is 0.208. The highest BCUT2D eigenvalue weighted by molar-refractivity contribution is 5.90. The first-order chi connectivity index (χ1) is 9.04. The molecule has 0 aromatic carbocycles. The third-order valence-corrected chi connectivity index (χ3v) is 2.95. The fraction of sp³-hybridized carbons (Fsp3) is 0.429. The highest BCUT2D eigenvalue weighted by Gasteiger charge is 2.22. The Kier molecular flexibility index (Phi) is 4.16. The molecule has 2 N–H and O–H groups in total. The number of carbonyl (C=O) groups is 1. The topological polar surface area (TPSA) is 68.5 Å². The Morgan fingerprint density at radius 3 is 2.63 bits per heavy atom. The number of hydrogen-bond acceptors (Lipinski definition) is 4. The number of hydrogen-bond donors (Lipinski definition) is 1. The van der Waals surface area contributed by atoms with Gasteiger partial charge in [0.2, 0.25) is 5.91 Å². The summed E-state index contributed by atoms with van der Waals surface area (Å²) in [6, 6.07) is 3.87. The lowest BCUT2D eigenvalue weighted by Crippen LogP contribution is -2.45. The van der Waals surface area contributed by atoms with Crippen molar-refractivity contribution >= 4 is 17.8 Å². The summed E-state index contributed by atoms with van der Waals surface area (Å²) in [6.07, 6.45) is 5.14. The van der Waals surface area contributed by atoms with E-state index in [0.29, 0.717) is 0 Å². The lowest BCUT2D eigenvalue weighted by atomic mass is 10.2. The molecule has 1 aliphatic rings. The number of amides is 1. The maximum absolute atomic E-state index is 10.7. The Bertz CT molecular complexity index is 460. The van der Waals surface area contributed by atoms with E-state index in [9.17, 15) is 4.79 Å². The van der Waals surface area contributed by atoms with E-state index < -0.39 is 5.91 Å². The molecular weight excluding hydrogens is 242 g/mol. The monoisotopic (exact) mass is 261 g/mol. The third kappa shape index (κ3) is 3.79. The van der Waals surface area contributed by atoms with Crippen molar-refractivity contribution in [2.45, 2.75) is 26.1 Å². The van der Waals surface area contributed by atoms with Gasteiger partial charge in [-0.15, -0.1) is 0 Å². The van der Waals surface area contributed by atoms with Gasteiger partial charge >= 0.3 is 0 Å². The van der Waals surface area contributed by atoms with Crippen LogP contribution in [0.15, 0.2) is 24.4 Å². The second-order valence-electron chi connectivity index (χ2n) is 4.85. The van der Waals surface area contributed by atoms with E-state index in [-0.39, 0.29) is 12.2 Å². The molecule has 1 amide bonds. The number of aromatic nitrogens is 1. The molecule has 5 heteroatoms. The molecule has 2 atom stereocenters. The molecule has 0 spiro atoms. The van der Waals surface area contributed by atoms with Crippen molar-refractivity contribution in [1.29, 1.82) is 0 Å². The molecule has 1 aromatic heterocycles. The van der Waals surface area contributed by atoms with Crippen molar-refractivity contribution < 1.29 is 9.53 Å². The van der Waals surface area contributed by atoms with Crippen molar-refractivity contribution in [2.24, 2.45) is 5.73 Å². The second kappa shape index (κ2) is 5.84. The van der Waals surface area contributed by atoms with Crippen LogP contribution in [0, 0.1) is 0 Å². The fourth-order valence-electron chi connectivity index (χ4n) is 2.23. The highest BCUT2D eigenvalue weighted by atomic mass is 16.5. The molecule has 0 saturated carbocycles. The molecule has 0 aliphatic carbocycles. The predicted octanol–water partition coefficient (Wildman–Crippen LogP) is 1.19. The largest absolute Gasteiger partial charge is 0.372 e. The Hall–Kier alpha value is -1.88. The molecule has 1 saturated heterocycles. The maximum Gasteiger partial charge on any atom is 0.241 e. The maximum atomic E-state index is 10.7. The van der Waals surface area contributed by atoms with Gasteiger partial charge in [-0.2, -0.15) is 0 Å². The minimum atomic E-state index is -0.458. The van der Waals surface area contributed by atoms with Crippen LogP contribution < -0.4 is 10.6 Å². The smallest absolute Gasteiger partial charge is 0.241 e. The van der Waals surface area contributed by atoms with Gasteiger partial charge in [-0.05, 0) is 37.6 Å². The van der Waals surface area contributed by atoms with Crippen molar-refractivity contribution in [3.05, 3.63) is 30.0 Å². The summed E-state index contributed by atoms with van der Waals surface area (Å²) in [5, 5.41) is 0. The van der Waals surface area contributed by atoms with Gasteiger partial charge in [-0.3, -0.25) is 4.79 Å². The van der Waals surface area contributed by atoms with Crippen LogP contribution in [0.2, 0.25) is 0 Å². The SMILES string of the molecule is CC1CN(c2ccc(/C=C\C(N)=O)cn2)CC(C)O1. The van der Waals surface area contributed by atoms with Crippen LogP contribution in [0.25, 0.3) is 6.08 Å². The summed E-state index contributed by atoms with van der Waals surface area (Å²) in [4.78, 5) is 17.3. The molecule has 5 nitrogen and oxygen atoms in total. The molecule has 2 rings (SSSR count). The summed E-state index contributed by atoms with van der Waals surface area (Å²) < 4.78 is 5.69. The fourth-order valence-corrected chi connectivity index (χ4v) is 2.23. The Morgan fingerprint density at radius 1 is 1.42 bits per heavy atom. The lowest BCUT2D eigenvalue weighted by molar-refractivity contribution is -0.113. The number of pyridine rings is 1. The van der Waals surface area contributed by atoms with Crippen LogP contribution in [0.1, 0.15) is 19.4 Å². The van der Waals surface area contributed by atoms with E-state index in [1.807, 2.05) is 12.1 Å². The number of primary amides is 1. The molecule has 0 radical (unpaired) electrons. The zero-order chi connectivity index (χ0) is 13.8. The Balaban J connectivity index is 2.07. The van der Waals surface area contributed by atoms with Crippen molar-refractivity contribution in [2.75, 3.05) is 18.0 Å². The van der Waals surface area contributed by atoms with Gasteiger partial charge < -0.3 is 15.4 Å². The highest BCUT2D eigenvalue weighted by Crippen LogP contribution is 2.18. The minimum Gasteiger partial charge on any atom is -0.372 e. The van der Waals surface area contributed by atoms with Gasteiger partial charge in [-0.25, -0.2) is 4.98 Å². The standard InChI is InChI=1S/C14H19N3O2/c1-10-8-17(9-11(2)19-10)14-6-4-12(7-16-14)3-5-13(15)18/h3-7,10-11H,8-9H2,1-2H3,(H2,15,18)/b5-3-. The summed E-state index contributed by atoms with van der Waals surface area (Å²) in [5.74, 6) is 0.470. The van der Waals surface area contributed by atoms with Crippen LogP contribution in [-0.2, 0) is 9.53 Å². The van der Waals surface area contributed by atoms with Crippen LogP contribution in [-0.4, -0.2) is 36.2 Å². The van der Waals surface area contributed by atoms with Crippen molar-refractivity contribution in [1.82, 2.24) is 4.98 Å². The van der Waals surface area contributed by atoms with Gasteiger partial charge in [0.1, 0.15) is 5.82 Å². The number of morpholine rings is 1.